The molecule has 0 aliphatic carbocycles. The summed E-state index contributed by atoms with van der Waals surface area (Å²) in [5.41, 5.74) is 9.25. The van der Waals surface area contributed by atoms with Crippen molar-refractivity contribution in [1.29, 1.82) is 0 Å². The lowest BCUT2D eigenvalue weighted by atomic mass is 10.1. The number of unbranched alkanes of at least 4 members (excludes halogenated alkanes) is 4. The number of anilines is 2. The number of hydrogen-bond donors (Lipinski definition) is 5. The average Bonchev–Trinajstić information content (AvgIpc) is 3.76. The molecule has 62 heavy (non-hydrogen) atoms. The molecule has 3 aromatic heterocycles. The highest BCUT2D eigenvalue weighted by Gasteiger charge is 2.38. The van der Waals surface area contributed by atoms with Crippen LogP contribution in [0.4, 0.5) is 24.5 Å². The van der Waals surface area contributed by atoms with Crippen LogP contribution in [0.25, 0.3) is 42.7 Å². The van der Waals surface area contributed by atoms with Crippen molar-refractivity contribution in [1.82, 2.24) is 20.6 Å². The quantitative estimate of drug-likeness (QED) is 0.0481. The molecule has 0 saturated carbocycles. The zero-order valence-electron chi connectivity index (χ0n) is 34.1. The molecular formula is C48H49Cl2F3N6O2S. The van der Waals surface area contributed by atoms with E-state index in [1.54, 1.807) is 0 Å². The van der Waals surface area contributed by atoms with Crippen LogP contribution in [0.1, 0.15) is 49.7 Å². The lowest BCUT2D eigenvalue weighted by molar-refractivity contribution is -0.192. The minimum absolute atomic E-state index is 0.714. The number of hydrogen-bond acceptors (Lipinski definition) is 8. The van der Waals surface area contributed by atoms with Crippen molar-refractivity contribution in [2.75, 3.05) is 36.8 Å². The van der Waals surface area contributed by atoms with Gasteiger partial charge in [0, 0.05) is 80.5 Å². The van der Waals surface area contributed by atoms with Crippen LogP contribution in [0, 0.1) is 0 Å². The van der Waals surface area contributed by atoms with Crippen molar-refractivity contribution in [3.63, 3.8) is 0 Å². The van der Waals surface area contributed by atoms with E-state index in [-0.39, 0.29) is 0 Å². The van der Waals surface area contributed by atoms with Crippen LogP contribution in [0.5, 0.6) is 0 Å². The van der Waals surface area contributed by atoms with Gasteiger partial charge in [0.15, 0.2) is 0 Å². The molecule has 0 spiro atoms. The zero-order chi connectivity index (χ0) is 43.7. The second kappa shape index (κ2) is 23.3. The summed E-state index contributed by atoms with van der Waals surface area (Å²) in [5, 5.41) is 25.1. The number of carboxylic acid groups (broad SMARTS) is 1. The molecule has 0 amide bonds. The lowest BCUT2D eigenvalue weighted by Gasteiger charge is -2.10. The van der Waals surface area contributed by atoms with Gasteiger partial charge in [0.05, 0.1) is 11.0 Å². The Labute approximate surface area is 373 Å². The van der Waals surface area contributed by atoms with Crippen molar-refractivity contribution in [2.45, 2.75) is 57.8 Å². The van der Waals surface area contributed by atoms with E-state index in [2.05, 4.69) is 91.9 Å². The van der Waals surface area contributed by atoms with Gasteiger partial charge >= 0.3 is 12.1 Å². The summed E-state index contributed by atoms with van der Waals surface area (Å²) >= 11 is 14.1. The molecule has 0 aliphatic rings. The van der Waals surface area contributed by atoms with Crippen LogP contribution in [-0.4, -0.2) is 53.4 Å². The number of benzene rings is 4. The standard InChI is InChI=1S/C46H48Cl2N6S.C2HF3O2/c47-37-15-17-39-41(21-27-53-43(39)29-37)51-25-5-1-3-23-49-31-33-7-11-35(12-8-33)45-19-20-46(55-45)36-13-9-34(10-14-36)32-50-24-4-2-6-26-52-42-22-28-54-44-30-38(48)16-18-40(42)44;3-2(4,5)1(6)7/h7-22,27-30,49-50H,1-6,23-26,31-32H2,(H,51,53)(H,52,54);(H,6,7). The van der Waals surface area contributed by atoms with E-state index in [1.807, 2.05) is 72.3 Å². The number of nitrogens with one attached hydrogen (secondary N) is 4. The van der Waals surface area contributed by atoms with Crippen LogP contribution in [0.2, 0.25) is 10.0 Å². The van der Waals surface area contributed by atoms with E-state index >= 15 is 0 Å². The number of aromatic nitrogens is 2. The first-order valence-electron chi connectivity index (χ1n) is 20.6. The average molecular weight is 902 g/mol. The van der Waals surface area contributed by atoms with E-state index in [0.717, 1.165) is 98.1 Å². The van der Waals surface area contributed by atoms with E-state index < -0.39 is 12.1 Å². The van der Waals surface area contributed by atoms with Gasteiger partial charge in [-0.05, 0) is 122 Å². The molecule has 8 nitrogen and oxygen atoms in total. The zero-order valence-corrected chi connectivity index (χ0v) is 36.4. The summed E-state index contributed by atoms with van der Waals surface area (Å²) < 4.78 is 31.7. The SMILES string of the molecule is Clc1ccc2c(NCCCCCNCc3ccc(-c4ccc(-c5ccc(CNCCCCCNc6ccnc7cc(Cl)ccc67)cc5)s4)cc3)ccnc2c1.O=C(O)C(F)(F)F. The second-order valence-corrected chi connectivity index (χ2v) is 16.7. The topological polar surface area (TPSA) is 111 Å². The highest BCUT2D eigenvalue weighted by Crippen LogP contribution is 2.35. The maximum absolute atomic E-state index is 10.6. The predicted molar refractivity (Wildman–Crippen MR) is 250 cm³/mol. The summed E-state index contributed by atoms with van der Waals surface area (Å²) in [6.45, 7) is 5.70. The third-order valence-corrected chi connectivity index (χ3v) is 11.7. The van der Waals surface area contributed by atoms with Gasteiger partial charge in [-0.2, -0.15) is 13.2 Å². The van der Waals surface area contributed by atoms with Gasteiger partial charge in [-0.25, -0.2) is 4.79 Å². The molecule has 7 rings (SSSR count). The van der Waals surface area contributed by atoms with Crippen LogP contribution >= 0.6 is 34.5 Å². The van der Waals surface area contributed by atoms with Gasteiger partial charge < -0.3 is 26.4 Å². The molecule has 3 heterocycles. The Bertz CT molecular complexity index is 2340. The smallest absolute Gasteiger partial charge is 0.475 e. The third kappa shape index (κ3) is 14.1. The maximum atomic E-state index is 10.6. The van der Waals surface area contributed by atoms with Crippen molar-refractivity contribution in [2.24, 2.45) is 0 Å². The van der Waals surface area contributed by atoms with Crippen LogP contribution in [0.15, 0.2) is 122 Å². The number of fused-ring (bicyclic) bond motifs is 2. The lowest BCUT2D eigenvalue weighted by Crippen LogP contribution is -2.21. The van der Waals surface area contributed by atoms with Crippen molar-refractivity contribution in [3.05, 3.63) is 143 Å². The van der Waals surface area contributed by atoms with Crippen LogP contribution in [0.3, 0.4) is 0 Å². The van der Waals surface area contributed by atoms with E-state index in [9.17, 15) is 13.2 Å². The Morgan fingerprint density at radius 3 is 1.37 bits per heavy atom. The summed E-state index contributed by atoms with van der Waals surface area (Å²) in [6.07, 6.45) is 5.51. The van der Waals surface area contributed by atoms with Crippen molar-refractivity contribution >= 4 is 73.7 Å². The fourth-order valence-corrected chi connectivity index (χ4v) is 8.14. The van der Waals surface area contributed by atoms with Gasteiger partial charge in [-0.15, -0.1) is 11.3 Å². The number of halogens is 5. The number of alkyl halides is 3. The highest BCUT2D eigenvalue weighted by molar-refractivity contribution is 7.18. The first-order chi connectivity index (χ1) is 30.0. The number of carbonyl (C=O) groups is 1. The van der Waals surface area contributed by atoms with Crippen LogP contribution in [-0.2, 0) is 17.9 Å². The Balaban J connectivity index is 0.000000845. The second-order valence-electron chi connectivity index (χ2n) is 14.7. The number of aliphatic carboxylic acids is 1. The number of thiophene rings is 1. The Kier molecular flexibility index (Phi) is 17.4. The number of pyridine rings is 2. The normalized spacial score (nSPS) is 11.4. The first kappa shape index (κ1) is 46.3. The molecule has 0 atom stereocenters. The summed E-state index contributed by atoms with van der Waals surface area (Å²) in [5.74, 6) is -2.76. The first-order valence-corrected chi connectivity index (χ1v) is 22.2. The van der Waals surface area contributed by atoms with Gasteiger partial charge in [-0.1, -0.05) is 84.6 Å². The van der Waals surface area contributed by atoms with E-state index in [0.29, 0.717) is 10.0 Å². The largest absolute Gasteiger partial charge is 0.490 e. The van der Waals surface area contributed by atoms with Gasteiger partial charge in [0.25, 0.3) is 0 Å². The fraction of sp³-hybridized carbons (Fsp3) is 0.271. The van der Waals surface area contributed by atoms with E-state index in [1.165, 1.54) is 44.8 Å². The maximum Gasteiger partial charge on any atom is 0.490 e. The molecule has 0 aliphatic heterocycles. The molecule has 7 aromatic rings. The molecule has 0 radical (unpaired) electrons. The van der Waals surface area contributed by atoms with Gasteiger partial charge in [0.1, 0.15) is 0 Å². The highest BCUT2D eigenvalue weighted by atomic mass is 35.5. The van der Waals surface area contributed by atoms with Gasteiger partial charge in [-0.3, -0.25) is 9.97 Å². The number of rotatable bonds is 20. The minimum Gasteiger partial charge on any atom is -0.475 e. The van der Waals surface area contributed by atoms with E-state index in [4.69, 9.17) is 33.1 Å². The molecular weight excluding hydrogens is 853 g/mol. The van der Waals surface area contributed by atoms with Gasteiger partial charge in [0.2, 0.25) is 0 Å². The number of nitrogens with zero attached hydrogens (tertiary/aromatic N) is 2. The molecule has 324 valence electrons. The molecule has 14 heteroatoms. The molecule has 0 unspecified atom stereocenters. The summed E-state index contributed by atoms with van der Waals surface area (Å²) in [4.78, 5) is 20.3. The molecule has 4 aromatic carbocycles. The molecule has 0 bridgehead atoms. The summed E-state index contributed by atoms with van der Waals surface area (Å²) in [6, 6.07) is 38.3. The molecule has 0 fully saturated rings. The monoisotopic (exact) mass is 900 g/mol. The molecule has 0 saturated heterocycles. The van der Waals surface area contributed by atoms with Crippen molar-refractivity contribution < 1.29 is 23.1 Å². The Morgan fingerprint density at radius 1 is 0.565 bits per heavy atom. The van der Waals surface area contributed by atoms with Crippen molar-refractivity contribution in [3.8, 4) is 20.9 Å². The Morgan fingerprint density at radius 2 is 0.968 bits per heavy atom. The third-order valence-electron chi connectivity index (χ3n) is 10.1. The summed E-state index contributed by atoms with van der Waals surface area (Å²) in [7, 11) is 0. The fourth-order valence-electron chi connectivity index (χ4n) is 6.79. The minimum atomic E-state index is -5.08. The molecule has 5 N–H and O–H groups in total. The number of carboxylic acids is 1. The van der Waals surface area contributed by atoms with Crippen LogP contribution < -0.4 is 21.3 Å². The Hall–Kier alpha value is -5.24. The predicted octanol–water partition coefficient (Wildman–Crippen LogP) is 12.9.